The van der Waals surface area contributed by atoms with Gasteiger partial charge >= 0.3 is 0 Å². The summed E-state index contributed by atoms with van der Waals surface area (Å²) in [6.45, 7) is 2.24. The second kappa shape index (κ2) is 5.89. The molecule has 0 bridgehead atoms. The summed E-state index contributed by atoms with van der Waals surface area (Å²) in [5.41, 5.74) is 0.371. The van der Waals surface area contributed by atoms with Gasteiger partial charge in [0.1, 0.15) is 5.75 Å². The van der Waals surface area contributed by atoms with Gasteiger partial charge < -0.3 is 15.3 Å². The molecule has 0 spiro atoms. The molecule has 0 heterocycles. The van der Waals surface area contributed by atoms with E-state index in [-0.39, 0.29) is 24.1 Å². The maximum Gasteiger partial charge on any atom is 0.254 e. The van der Waals surface area contributed by atoms with Crippen molar-refractivity contribution in [3.05, 3.63) is 29.8 Å². The van der Waals surface area contributed by atoms with Crippen molar-refractivity contribution in [1.29, 1.82) is 0 Å². The Morgan fingerprint density at radius 3 is 2.65 bits per heavy atom. The number of carbonyl (C=O) groups excluding carboxylic acids is 2. The van der Waals surface area contributed by atoms with Gasteiger partial charge in [-0.15, -0.1) is 0 Å². The molecule has 5 heteroatoms. The summed E-state index contributed by atoms with van der Waals surface area (Å²) in [5.74, 6) is -0.459. The second-order valence-corrected chi connectivity index (χ2v) is 3.54. The van der Waals surface area contributed by atoms with E-state index in [2.05, 4.69) is 5.32 Å². The molecule has 1 aromatic carbocycles. The fraction of sp³-hybridized carbons (Fsp3) is 0.333. The Balaban J connectivity index is 2.82. The molecule has 92 valence electrons. The van der Waals surface area contributed by atoms with E-state index >= 15 is 0 Å². The number of amides is 2. The first kappa shape index (κ1) is 13.0. The molecular weight excluding hydrogens is 220 g/mol. The molecule has 0 aliphatic rings. The van der Waals surface area contributed by atoms with Crippen molar-refractivity contribution >= 4 is 11.8 Å². The van der Waals surface area contributed by atoms with Crippen LogP contribution in [0.5, 0.6) is 5.75 Å². The van der Waals surface area contributed by atoms with Crippen LogP contribution < -0.4 is 5.32 Å². The molecule has 0 aliphatic carbocycles. The lowest BCUT2D eigenvalue weighted by atomic mass is 10.2. The fourth-order valence-electron chi connectivity index (χ4n) is 1.40. The second-order valence-electron chi connectivity index (χ2n) is 3.54. The monoisotopic (exact) mass is 236 g/mol. The molecule has 1 rings (SSSR count). The molecule has 0 aromatic heterocycles. The molecule has 0 aliphatic heterocycles. The van der Waals surface area contributed by atoms with Gasteiger partial charge in [-0.3, -0.25) is 9.59 Å². The molecule has 0 atom stereocenters. The molecule has 0 saturated heterocycles. The number of hydrogen-bond acceptors (Lipinski definition) is 3. The van der Waals surface area contributed by atoms with Gasteiger partial charge in [-0.05, 0) is 25.1 Å². The highest BCUT2D eigenvalue weighted by molar-refractivity contribution is 5.96. The lowest BCUT2D eigenvalue weighted by Crippen LogP contribution is -2.39. The van der Waals surface area contributed by atoms with Crippen molar-refractivity contribution in [3.8, 4) is 5.75 Å². The van der Waals surface area contributed by atoms with E-state index < -0.39 is 0 Å². The number of phenolic OH excluding ortho intramolecular Hbond substituents is 1. The number of likely N-dealkylation sites (N-methyl/N-ethyl adjacent to an activating group) is 2. The van der Waals surface area contributed by atoms with E-state index in [1.807, 2.05) is 0 Å². The first-order valence-corrected chi connectivity index (χ1v) is 5.37. The molecule has 17 heavy (non-hydrogen) atoms. The van der Waals surface area contributed by atoms with Crippen LogP contribution in [0.4, 0.5) is 0 Å². The number of nitrogens with zero attached hydrogens (tertiary/aromatic N) is 1. The summed E-state index contributed by atoms with van der Waals surface area (Å²) >= 11 is 0. The minimum Gasteiger partial charge on any atom is -0.508 e. The van der Waals surface area contributed by atoms with Gasteiger partial charge in [0, 0.05) is 19.2 Å². The van der Waals surface area contributed by atoms with Crippen LogP contribution in [-0.2, 0) is 4.79 Å². The zero-order valence-electron chi connectivity index (χ0n) is 9.93. The van der Waals surface area contributed by atoms with Gasteiger partial charge in [0.2, 0.25) is 5.91 Å². The maximum atomic E-state index is 12.0. The third kappa shape index (κ3) is 3.48. The van der Waals surface area contributed by atoms with Crippen molar-refractivity contribution in [2.75, 3.05) is 20.1 Å². The molecule has 0 saturated carbocycles. The van der Waals surface area contributed by atoms with Gasteiger partial charge in [-0.2, -0.15) is 0 Å². The van der Waals surface area contributed by atoms with Crippen LogP contribution in [-0.4, -0.2) is 42.0 Å². The zero-order chi connectivity index (χ0) is 12.8. The quantitative estimate of drug-likeness (QED) is 0.804. The van der Waals surface area contributed by atoms with Gasteiger partial charge in [-0.25, -0.2) is 0 Å². The van der Waals surface area contributed by atoms with E-state index in [1.54, 1.807) is 19.1 Å². The van der Waals surface area contributed by atoms with Crippen LogP contribution in [0.15, 0.2) is 24.3 Å². The molecule has 0 fully saturated rings. The normalized spacial score (nSPS) is 9.76. The summed E-state index contributed by atoms with van der Waals surface area (Å²) in [4.78, 5) is 24.7. The standard InChI is InChI=1S/C12H16N2O3/c1-3-14(8-11(16)13-2)12(17)9-5-4-6-10(15)7-9/h4-7,15H,3,8H2,1-2H3,(H,13,16). The molecule has 0 unspecified atom stereocenters. The average Bonchev–Trinajstić information content (AvgIpc) is 2.34. The highest BCUT2D eigenvalue weighted by atomic mass is 16.3. The Hall–Kier alpha value is -2.04. The topological polar surface area (TPSA) is 69.6 Å². The van der Waals surface area contributed by atoms with Crippen molar-refractivity contribution in [1.82, 2.24) is 10.2 Å². The number of carbonyl (C=O) groups is 2. The Bertz CT molecular complexity index is 418. The summed E-state index contributed by atoms with van der Waals surface area (Å²) in [7, 11) is 1.52. The number of rotatable bonds is 4. The van der Waals surface area contributed by atoms with Crippen LogP contribution in [0.3, 0.4) is 0 Å². The van der Waals surface area contributed by atoms with Crippen LogP contribution in [0, 0.1) is 0 Å². The Kier molecular flexibility index (Phi) is 4.51. The SMILES string of the molecule is CCN(CC(=O)NC)C(=O)c1cccc(O)c1. The predicted octanol–water partition coefficient (Wildman–Crippen LogP) is 0.600. The number of nitrogens with one attached hydrogen (secondary N) is 1. The molecule has 2 amide bonds. The smallest absolute Gasteiger partial charge is 0.254 e. The third-order valence-electron chi connectivity index (χ3n) is 2.38. The van der Waals surface area contributed by atoms with Gasteiger partial charge in [0.05, 0.1) is 6.54 Å². The van der Waals surface area contributed by atoms with Gasteiger partial charge in [0.15, 0.2) is 0 Å². The van der Waals surface area contributed by atoms with Crippen molar-refractivity contribution in [2.24, 2.45) is 0 Å². The molecule has 1 aromatic rings. The van der Waals surface area contributed by atoms with Gasteiger partial charge in [0.25, 0.3) is 5.91 Å². The molecule has 0 radical (unpaired) electrons. The Labute approximate surface area is 100 Å². The van der Waals surface area contributed by atoms with Crippen LogP contribution in [0.25, 0.3) is 0 Å². The minimum atomic E-state index is -0.271. The number of aromatic hydroxyl groups is 1. The lowest BCUT2D eigenvalue weighted by molar-refractivity contribution is -0.121. The van der Waals surface area contributed by atoms with E-state index in [0.29, 0.717) is 12.1 Å². The summed E-state index contributed by atoms with van der Waals surface area (Å²) < 4.78 is 0. The van der Waals surface area contributed by atoms with Crippen LogP contribution in [0.2, 0.25) is 0 Å². The molecule has 5 nitrogen and oxygen atoms in total. The van der Waals surface area contributed by atoms with Crippen LogP contribution in [0.1, 0.15) is 17.3 Å². The van der Waals surface area contributed by atoms with Crippen molar-refractivity contribution < 1.29 is 14.7 Å². The van der Waals surface area contributed by atoms with Crippen LogP contribution >= 0.6 is 0 Å². The van der Waals surface area contributed by atoms with E-state index in [4.69, 9.17) is 0 Å². The number of benzene rings is 1. The minimum absolute atomic E-state index is 0.0154. The predicted molar refractivity (Wildman–Crippen MR) is 63.8 cm³/mol. The Morgan fingerprint density at radius 1 is 1.41 bits per heavy atom. The van der Waals surface area contributed by atoms with E-state index in [9.17, 15) is 14.7 Å². The first-order chi connectivity index (χ1) is 8.08. The maximum absolute atomic E-state index is 12.0. The highest BCUT2D eigenvalue weighted by Crippen LogP contribution is 2.12. The van der Waals surface area contributed by atoms with E-state index in [1.165, 1.54) is 24.1 Å². The van der Waals surface area contributed by atoms with E-state index in [0.717, 1.165) is 0 Å². The molecule has 2 N–H and O–H groups in total. The number of phenols is 1. The number of hydrogen-bond donors (Lipinski definition) is 2. The summed E-state index contributed by atoms with van der Waals surface area (Å²) in [5, 5.41) is 11.8. The summed E-state index contributed by atoms with van der Waals surface area (Å²) in [6.07, 6.45) is 0. The van der Waals surface area contributed by atoms with Crippen molar-refractivity contribution in [3.63, 3.8) is 0 Å². The highest BCUT2D eigenvalue weighted by Gasteiger charge is 2.16. The summed E-state index contributed by atoms with van der Waals surface area (Å²) in [6, 6.07) is 6.07. The van der Waals surface area contributed by atoms with Crippen molar-refractivity contribution in [2.45, 2.75) is 6.92 Å². The average molecular weight is 236 g/mol. The van der Waals surface area contributed by atoms with Gasteiger partial charge in [-0.1, -0.05) is 6.07 Å². The molecular formula is C12H16N2O3. The fourth-order valence-corrected chi connectivity index (χ4v) is 1.40. The Morgan fingerprint density at radius 2 is 2.12 bits per heavy atom. The third-order valence-corrected chi connectivity index (χ3v) is 2.38. The largest absolute Gasteiger partial charge is 0.508 e. The zero-order valence-corrected chi connectivity index (χ0v) is 9.93. The lowest BCUT2D eigenvalue weighted by Gasteiger charge is -2.19. The first-order valence-electron chi connectivity index (χ1n) is 5.37.